The number of amides is 1. The normalized spacial score (nSPS) is 11.1. The monoisotopic (exact) mass is 468 g/mol. The van der Waals surface area contributed by atoms with Crippen molar-refractivity contribution in [2.75, 3.05) is 10.0 Å². The predicted octanol–water partition coefficient (Wildman–Crippen LogP) is 5.63. The number of carbonyl (C=O) groups excluding carboxylic acids is 1. The van der Waals surface area contributed by atoms with Crippen LogP contribution in [-0.4, -0.2) is 14.3 Å². The summed E-state index contributed by atoms with van der Waals surface area (Å²) in [7, 11) is -3.87. The van der Waals surface area contributed by atoms with Crippen LogP contribution in [0.1, 0.15) is 5.56 Å². The van der Waals surface area contributed by atoms with Gasteiger partial charge >= 0.3 is 0 Å². The number of carbonyl (C=O) groups is 1. The minimum Gasteiger partial charge on any atom is -0.326 e. The van der Waals surface area contributed by atoms with Crippen LogP contribution < -0.4 is 10.0 Å². The largest absolute Gasteiger partial charge is 0.326 e. The van der Waals surface area contributed by atoms with Gasteiger partial charge in [-0.15, -0.1) is 0 Å². The SMILES string of the molecule is O=C(Cc1ccc(Cl)cc1)Nc1ccc(S(=O)(=O)Nc2cccc(Cl)c2Cl)cc1. The summed E-state index contributed by atoms with van der Waals surface area (Å²) in [6, 6.07) is 17.4. The Morgan fingerprint density at radius 3 is 2.17 bits per heavy atom. The molecule has 1 amide bonds. The van der Waals surface area contributed by atoms with Gasteiger partial charge in [0, 0.05) is 10.7 Å². The summed E-state index contributed by atoms with van der Waals surface area (Å²) in [4.78, 5) is 12.2. The molecule has 0 atom stereocenters. The number of anilines is 2. The maximum atomic E-state index is 12.6. The molecule has 0 radical (unpaired) electrons. The fraction of sp³-hybridized carbons (Fsp3) is 0.0500. The molecule has 29 heavy (non-hydrogen) atoms. The van der Waals surface area contributed by atoms with Gasteiger partial charge in [-0.05, 0) is 54.1 Å². The third kappa shape index (κ3) is 5.64. The van der Waals surface area contributed by atoms with Crippen molar-refractivity contribution in [1.29, 1.82) is 0 Å². The number of hydrogen-bond acceptors (Lipinski definition) is 3. The molecular formula is C20H15Cl3N2O3S. The minimum atomic E-state index is -3.87. The number of sulfonamides is 1. The molecule has 2 N–H and O–H groups in total. The number of benzene rings is 3. The van der Waals surface area contributed by atoms with Crippen LogP contribution in [0, 0.1) is 0 Å². The second-order valence-electron chi connectivity index (χ2n) is 6.08. The van der Waals surface area contributed by atoms with E-state index in [0.717, 1.165) is 5.56 Å². The third-order valence-corrected chi connectivity index (χ3v) is 6.37. The fourth-order valence-electron chi connectivity index (χ4n) is 2.50. The minimum absolute atomic E-state index is 0.0178. The Hall–Kier alpha value is -2.25. The van der Waals surface area contributed by atoms with Crippen molar-refractivity contribution >= 4 is 62.1 Å². The lowest BCUT2D eigenvalue weighted by Gasteiger charge is -2.11. The van der Waals surface area contributed by atoms with E-state index in [1.165, 1.54) is 30.3 Å². The van der Waals surface area contributed by atoms with E-state index in [-0.39, 0.29) is 33.0 Å². The molecule has 5 nitrogen and oxygen atoms in total. The van der Waals surface area contributed by atoms with E-state index >= 15 is 0 Å². The zero-order valence-corrected chi connectivity index (χ0v) is 17.9. The van der Waals surface area contributed by atoms with Gasteiger partial charge in [0.15, 0.2) is 0 Å². The maximum absolute atomic E-state index is 12.6. The van der Waals surface area contributed by atoms with E-state index in [1.807, 2.05) is 0 Å². The summed E-state index contributed by atoms with van der Waals surface area (Å²) in [6.07, 6.45) is 0.173. The predicted molar refractivity (Wildman–Crippen MR) is 117 cm³/mol. The molecule has 0 saturated heterocycles. The number of nitrogens with one attached hydrogen (secondary N) is 2. The molecule has 150 valence electrons. The van der Waals surface area contributed by atoms with Crippen LogP contribution in [0.25, 0.3) is 0 Å². The molecule has 0 aliphatic rings. The van der Waals surface area contributed by atoms with Crippen LogP contribution in [-0.2, 0) is 21.2 Å². The van der Waals surface area contributed by atoms with E-state index in [9.17, 15) is 13.2 Å². The Kier molecular flexibility index (Phi) is 6.70. The number of hydrogen-bond donors (Lipinski definition) is 2. The molecule has 9 heteroatoms. The van der Waals surface area contributed by atoms with Gasteiger partial charge in [0.1, 0.15) is 0 Å². The summed E-state index contributed by atoms with van der Waals surface area (Å²) in [5, 5.41) is 3.68. The first-order chi connectivity index (χ1) is 13.7. The molecule has 3 aromatic rings. The third-order valence-electron chi connectivity index (χ3n) is 3.92. The van der Waals surface area contributed by atoms with Crippen molar-refractivity contribution in [2.45, 2.75) is 11.3 Å². The van der Waals surface area contributed by atoms with Crippen LogP contribution in [0.3, 0.4) is 0 Å². The van der Waals surface area contributed by atoms with Crippen molar-refractivity contribution in [3.05, 3.63) is 87.4 Å². The van der Waals surface area contributed by atoms with E-state index in [0.29, 0.717) is 10.7 Å². The van der Waals surface area contributed by atoms with Gasteiger partial charge in [0.2, 0.25) is 5.91 Å². The molecular weight excluding hydrogens is 455 g/mol. The molecule has 0 aliphatic carbocycles. The number of halogens is 3. The van der Waals surface area contributed by atoms with Crippen molar-refractivity contribution in [2.24, 2.45) is 0 Å². The average molecular weight is 470 g/mol. The second kappa shape index (κ2) is 9.05. The highest BCUT2D eigenvalue weighted by Crippen LogP contribution is 2.31. The molecule has 3 aromatic carbocycles. The lowest BCUT2D eigenvalue weighted by Crippen LogP contribution is -2.15. The summed E-state index contributed by atoms with van der Waals surface area (Å²) >= 11 is 17.8. The van der Waals surface area contributed by atoms with Crippen LogP contribution in [0.2, 0.25) is 15.1 Å². The second-order valence-corrected chi connectivity index (χ2v) is 8.99. The van der Waals surface area contributed by atoms with Crippen molar-refractivity contribution < 1.29 is 13.2 Å². The highest BCUT2D eigenvalue weighted by atomic mass is 35.5. The van der Waals surface area contributed by atoms with Crippen LogP contribution in [0.5, 0.6) is 0 Å². The molecule has 0 spiro atoms. The molecule has 0 saturated carbocycles. The Bertz CT molecular complexity index is 1130. The lowest BCUT2D eigenvalue weighted by atomic mass is 10.1. The van der Waals surface area contributed by atoms with E-state index in [4.69, 9.17) is 34.8 Å². The van der Waals surface area contributed by atoms with Gasteiger partial charge in [0.05, 0.1) is 27.0 Å². The molecule has 0 unspecified atom stereocenters. The van der Waals surface area contributed by atoms with Gasteiger partial charge in [-0.3, -0.25) is 9.52 Å². The fourth-order valence-corrected chi connectivity index (χ4v) is 4.10. The Balaban J connectivity index is 1.68. The quantitative estimate of drug-likeness (QED) is 0.491. The maximum Gasteiger partial charge on any atom is 0.261 e. The standard InChI is InChI=1S/C20H15Cl3N2O3S/c21-14-6-4-13(5-7-14)12-19(26)24-15-8-10-16(11-9-15)29(27,28)25-18-3-1-2-17(22)20(18)23/h1-11,25H,12H2,(H,24,26). The summed E-state index contributed by atoms with van der Waals surface area (Å²) in [6.45, 7) is 0. The van der Waals surface area contributed by atoms with E-state index < -0.39 is 10.0 Å². The Morgan fingerprint density at radius 1 is 0.862 bits per heavy atom. The Labute approximate surface area is 183 Å². The van der Waals surface area contributed by atoms with Gasteiger partial charge < -0.3 is 5.32 Å². The van der Waals surface area contributed by atoms with Gasteiger partial charge in [0.25, 0.3) is 10.0 Å². The topological polar surface area (TPSA) is 75.3 Å². The lowest BCUT2D eigenvalue weighted by molar-refractivity contribution is -0.115. The zero-order valence-electron chi connectivity index (χ0n) is 14.8. The first kappa shape index (κ1) is 21.5. The molecule has 0 heterocycles. The van der Waals surface area contributed by atoms with Gasteiger partial charge in [-0.1, -0.05) is 53.0 Å². The van der Waals surface area contributed by atoms with Gasteiger partial charge in [-0.2, -0.15) is 0 Å². The zero-order chi connectivity index (χ0) is 21.0. The first-order valence-electron chi connectivity index (χ1n) is 8.36. The summed E-state index contributed by atoms with van der Waals surface area (Å²) < 4.78 is 27.5. The summed E-state index contributed by atoms with van der Waals surface area (Å²) in [5.41, 5.74) is 1.47. The highest BCUT2D eigenvalue weighted by Gasteiger charge is 2.17. The van der Waals surface area contributed by atoms with Crippen LogP contribution in [0.4, 0.5) is 11.4 Å². The van der Waals surface area contributed by atoms with E-state index in [2.05, 4.69) is 10.0 Å². The first-order valence-corrected chi connectivity index (χ1v) is 11.0. The molecule has 0 fully saturated rings. The summed E-state index contributed by atoms with van der Waals surface area (Å²) in [5.74, 6) is -0.230. The van der Waals surface area contributed by atoms with Crippen LogP contribution >= 0.6 is 34.8 Å². The van der Waals surface area contributed by atoms with Crippen molar-refractivity contribution in [1.82, 2.24) is 0 Å². The average Bonchev–Trinajstić information content (AvgIpc) is 2.67. The van der Waals surface area contributed by atoms with Crippen LogP contribution in [0.15, 0.2) is 71.6 Å². The van der Waals surface area contributed by atoms with Crippen molar-refractivity contribution in [3.8, 4) is 0 Å². The van der Waals surface area contributed by atoms with Crippen molar-refractivity contribution in [3.63, 3.8) is 0 Å². The molecule has 3 rings (SSSR count). The Morgan fingerprint density at radius 2 is 1.52 bits per heavy atom. The highest BCUT2D eigenvalue weighted by molar-refractivity contribution is 7.92. The molecule has 0 aliphatic heterocycles. The number of rotatable bonds is 6. The smallest absolute Gasteiger partial charge is 0.261 e. The molecule has 0 aromatic heterocycles. The van der Waals surface area contributed by atoms with E-state index in [1.54, 1.807) is 36.4 Å². The molecule has 0 bridgehead atoms. The van der Waals surface area contributed by atoms with Gasteiger partial charge in [-0.25, -0.2) is 8.42 Å².